The van der Waals surface area contributed by atoms with Gasteiger partial charge in [0.2, 0.25) is 0 Å². The first-order chi connectivity index (χ1) is 9.52. The fourth-order valence-corrected chi connectivity index (χ4v) is 2.19. The van der Waals surface area contributed by atoms with E-state index in [1.807, 2.05) is 31.2 Å². The molecule has 1 heterocycles. The SMILES string of the molecule is CCC(C)Cc1[nH]c(-c2ccccc2C)nc1C(=O)O. The van der Waals surface area contributed by atoms with Crippen molar-refractivity contribution in [3.05, 3.63) is 41.2 Å². The highest BCUT2D eigenvalue weighted by molar-refractivity contribution is 5.87. The molecule has 0 fully saturated rings. The van der Waals surface area contributed by atoms with Gasteiger partial charge < -0.3 is 10.1 Å². The van der Waals surface area contributed by atoms with E-state index in [-0.39, 0.29) is 5.69 Å². The first-order valence-corrected chi connectivity index (χ1v) is 6.91. The normalized spacial score (nSPS) is 12.3. The maximum absolute atomic E-state index is 11.3. The molecule has 1 atom stereocenters. The van der Waals surface area contributed by atoms with Crippen LogP contribution in [0.15, 0.2) is 24.3 Å². The minimum atomic E-state index is -0.973. The van der Waals surface area contributed by atoms with Gasteiger partial charge in [0, 0.05) is 5.56 Å². The van der Waals surface area contributed by atoms with Gasteiger partial charge in [0.15, 0.2) is 5.69 Å². The van der Waals surface area contributed by atoms with Gasteiger partial charge >= 0.3 is 5.97 Å². The van der Waals surface area contributed by atoms with E-state index in [2.05, 4.69) is 23.8 Å². The molecule has 0 aliphatic carbocycles. The van der Waals surface area contributed by atoms with Gasteiger partial charge in [-0.25, -0.2) is 9.78 Å². The predicted octanol–water partition coefficient (Wildman–Crippen LogP) is 3.67. The van der Waals surface area contributed by atoms with Gasteiger partial charge in [-0.05, 0) is 24.8 Å². The number of benzene rings is 1. The van der Waals surface area contributed by atoms with Crippen molar-refractivity contribution in [3.8, 4) is 11.4 Å². The van der Waals surface area contributed by atoms with Gasteiger partial charge in [0.25, 0.3) is 0 Å². The van der Waals surface area contributed by atoms with Crippen LogP contribution < -0.4 is 0 Å². The Bertz CT molecular complexity index is 617. The molecule has 0 spiro atoms. The minimum absolute atomic E-state index is 0.142. The van der Waals surface area contributed by atoms with E-state index in [4.69, 9.17) is 0 Å². The molecule has 2 rings (SSSR count). The molecular weight excluding hydrogens is 252 g/mol. The second kappa shape index (κ2) is 5.90. The third-order valence-electron chi connectivity index (χ3n) is 3.63. The van der Waals surface area contributed by atoms with Crippen molar-refractivity contribution in [2.24, 2.45) is 5.92 Å². The van der Waals surface area contributed by atoms with Crippen LogP contribution in [-0.4, -0.2) is 21.0 Å². The highest BCUT2D eigenvalue weighted by atomic mass is 16.4. The van der Waals surface area contributed by atoms with E-state index >= 15 is 0 Å². The van der Waals surface area contributed by atoms with Crippen molar-refractivity contribution in [3.63, 3.8) is 0 Å². The quantitative estimate of drug-likeness (QED) is 0.872. The van der Waals surface area contributed by atoms with Gasteiger partial charge in [-0.3, -0.25) is 0 Å². The van der Waals surface area contributed by atoms with Crippen LogP contribution in [-0.2, 0) is 6.42 Å². The first kappa shape index (κ1) is 14.3. The summed E-state index contributed by atoms with van der Waals surface area (Å²) in [6.45, 7) is 6.20. The summed E-state index contributed by atoms with van der Waals surface area (Å²) < 4.78 is 0. The zero-order chi connectivity index (χ0) is 14.7. The number of rotatable bonds is 5. The standard InChI is InChI=1S/C16H20N2O2/c1-4-10(2)9-13-14(16(19)20)18-15(17-13)12-8-6-5-7-11(12)3/h5-8,10H,4,9H2,1-3H3,(H,17,18)(H,19,20). The summed E-state index contributed by atoms with van der Waals surface area (Å²) in [5, 5.41) is 9.30. The van der Waals surface area contributed by atoms with Crippen molar-refractivity contribution < 1.29 is 9.90 Å². The summed E-state index contributed by atoms with van der Waals surface area (Å²) in [4.78, 5) is 18.8. The average Bonchev–Trinajstić information content (AvgIpc) is 2.83. The largest absolute Gasteiger partial charge is 0.476 e. The number of carboxylic acid groups (broad SMARTS) is 1. The molecule has 1 unspecified atom stereocenters. The van der Waals surface area contributed by atoms with E-state index < -0.39 is 5.97 Å². The van der Waals surface area contributed by atoms with Crippen LogP contribution in [0.2, 0.25) is 0 Å². The topological polar surface area (TPSA) is 66.0 Å². The average molecular weight is 272 g/mol. The number of imidazole rings is 1. The molecule has 1 aromatic carbocycles. The molecule has 20 heavy (non-hydrogen) atoms. The lowest BCUT2D eigenvalue weighted by atomic mass is 10.0. The van der Waals surface area contributed by atoms with Crippen LogP contribution in [0.25, 0.3) is 11.4 Å². The number of nitrogens with one attached hydrogen (secondary N) is 1. The lowest BCUT2D eigenvalue weighted by molar-refractivity contribution is 0.0689. The molecule has 4 heteroatoms. The summed E-state index contributed by atoms with van der Waals surface area (Å²) in [6, 6.07) is 7.83. The number of aromatic carboxylic acids is 1. The third-order valence-corrected chi connectivity index (χ3v) is 3.63. The Balaban J connectivity index is 2.44. The molecular formula is C16H20N2O2. The Kier molecular flexibility index (Phi) is 4.23. The molecule has 0 radical (unpaired) electrons. The van der Waals surface area contributed by atoms with Crippen LogP contribution in [0.1, 0.15) is 42.0 Å². The summed E-state index contributed by atoms with van der Waals surface area (Å²) in [5.74, 6) is 0.0939. The molecule has 0 bridgehead atoms. The van der Waals surface area contributed by atoms with Crippen molar-refractivity contribution in [1.82, 2.24) is 9.97 Å². The molecule has 2 N–H and O–H groups in total. The van der Waals surface area contributed by atoms with Crippen LogP contribution in [0.3, 0.4) is 0 Å². The van der Waals surface area contributed by atoms with Crippen LogP contribution in [0.4, 0.5) is 0 Å². The Labute approximate surface area is 118 Å². The van der Waals surface area contributed by atoms with Crippen molar-refractivity contribution in [2.75, 3.05) is 0 Å². The molecule has 0 saturated carbocycles. The van der Waals surface area contributed by atoms with Crippen molar-refractivity contribution >= 4 is 5.97 Å². The molecule has 0 aliphatic heterocycles. The molecule has 2 aromatic rings. The number of aryl methyl sites for hydroxylation is 1. The number of nitrogens with zero attached hydrogens (tertiary/aromatic N) is 1. The van der Waals surface area contributed by atoms with E-state index in [1.54, 1.807) is 0 Å². The number of aromatic nitrogens is 2. The fourth-order valence-electron chi connectivity index (χ4n) is 2.19. The Morgan fingerprint density at radius 1 is 1.40 bits per heavy atom. The number of hydrogen-bond acceptors (Lipinski definition) is 2. The predicted molar refractivity (Wildman–Crippen MR) is 78.9 cm³/mol. The lowest BCUT2D eigenvalue weighted by Crippen LogP contribution is -2.06. The second-order valence-electron chi connectivity index (χ2n) is 5.25. The Hall–Kier alpha value is -2.10. The summed E-state index contributed by atoms with van der Waals surface area (Å²) >= 11 is 0. The number of aromatic amines is 1. The maximum atomic E-state index is 11.3. The molecule has 0 aliphatic rings. The zero-order valence-corrected chi connectivity index (χ0v) is 12.1. The van der Waals surface area contributed by atoms with Crippen LogP contribution in [0, 0.1) is 12.8 Å². The van der Waals surface area contributed by atoms with Gasteiger partial charge in [-0.1, -0.05) is 44.5 Å². The smallest absolute Gasteiger partial charge is 0.356 e. The number of carboxylic acids is 1. The van der Waals surface area contributed by atoms with Gasteiger partial charge in [0.1, 0.15) is 5.82 Å². The van der Waals surface area contributed by atoms with Gasteiger partial charge in [-0.2, -0.15) is 0 Å². The molecule has 0 amide bonds. The van der Waals surface area contributed by atoms with Crippen molar-refractivity contribution in [1.29, 1.82) is 0 Å². The Morgan fingerprint density at radius 2 is 2.10 bits per heavy atom. The highest BCUT2D eigenvalue weighted by Crippen LogP contribution is 2.23. The van der Waals surface area contributed by atoms with E-state index in [9.17, 15) is 9.90 Å². The van der Waals surface area contributed by atoms with Crippen LogP contribution >= 0.6 is 0 Å². The van der Waals surface area contributed by atoms with E-state index in [0.29, 0.717) is 23.9 Å². The zero-order valence-electron chi connectivity index (χ0n) is 12.1. The third kappa shape index (κ3) is 2.90. The minimum Gasteiger partial charge on any atom is -0.476 e. The monoisotopic (exact) mass is 272 g/mol. The first-order valence-electron chi connectivity index (χ1n) is 6.91. The molecule has 1 aromatic heterocycles. The van der Waals surface area contributed by atoms with Gasteiger partial charge in [0.05, 0.1) is 5.69 Å². The number of H-pyrrole nitrogens is 1. The van der Waals surface area contributed by atoms with Crippen LogP contribution in [0.5, 0.6) is 0 Å². The summed E-state index contributed by atoms with van der Waals surface area (Å²) in [5.41, 5.74) is 2.88. The molecule has 106 valence electrons. The number of hydrogen-bond donors (Lipinski definition) is 2. The fraction of sp³-hybridized carbons (Fsp3) is 0.375. The van der Waals surface area contributed by atoms with Gasteiger partial charge in [-0.15, -0.1) is 0 Å². The number of carbonyl (C=O) groups is 1. The Morgan fingerprint density at radius 3 is 2.70 bits per heavy atom. The summed E-state index contributed by atoms with van der Waals surface area (Å²) in [6.07, 6.45) is 1.72. The summed E-state index contributed by atoms with van der Waals surface area (Å²) in [7, 11) is 0. The van der Waals surface area contributed by atoms with E-state index in [1.165, 1.54) is 0 Å². The second-order valence-corrected chi connectivity index (χ2v) is 5.25. The molecule has 4 nitrogen and oxygen atoms in total. The van der Waals surface area contributed by atoms with Crippen molar-refractivity contribution in [2.45, 2.75) is 33.6 Å². The molecule has 0 saturated heterocycles. The maximum Gasteiger partial charge on any atom is 0.356 e. The lowest BCUT2D eigenvalue weighted by Gasteiger charge is -2.06. The highest BCUT2D eigenvalue weighted by Gasteiger charge is 2.19. The van der Waals surface area contributed by atoms with E-state index in [0.717, 1.165) is 17.5 Å².